The number of rotatable bonds is 8. The number of nitrogens with two attached hydrogens (primary N) is 1. The molecule has 0 fully saturated rings. The van der Waals surface area contributed by atoms with Crippen molar-refractivity contribution < 1.29 is 23.5 Å². The summed E-state index contributed by atoms with van der Waals surface area (Å²) in [6, 6.07) is 3.79. The van der Waals surface area contributed by atoms with Gasteiger partial charge in [-0.15, -0.1) is 0 Å². The summed E-state index contributed by atoms with van der Waals surface area (Å²) in [6.45, 7) is 8.95. The molecule has 1 aromatic rings. The third-order valence-corrected chi connectivity index (χ3v) is 3.84. The number of hydrogen-bond donors (Lipinski definition) is 3. The number of hydrogen-bond acceptors (Lipinski definition) is 4. The molecule has 156 valence electrons. The van der Waals surface area contributed by atoms with E-state index in [0.717, 1.165) is 0 Å². The van der Waals surface area contributed by atoms with Crippen molar-refractivity contribution in [2.24, 2.45) is 5.73 Å². The van der Waals surface area contributed by atoms with Gasteiger partial charge in [0, 0.05) is 13.0 Å². The topological polar surface area (TPSA) is 111 Å². The number of alkyl carbamates (subject to hydrolysis) is 1. The second-order valence-electron chi connectivity index (χ2n) is 7.93. The van der Waals surface area contributed by atoms with Crippen LogP contribution in [0.2, 0.25) is 0 Å². The number of carbonyl (C=O) groups is 3. The van der Waals surface area contributed by atoms with Crippen LogP contribution in [0.3, 0.4) is 0 Å². The highest BCUT2D eigenvalue weighted by Gasteiger charge is 2.24. The molecule has 0 aliphatic heterocycles. The maximum Gasteiger partial charge on any atom is 0.408 e. The number of amides is 3. The largest absolute Gasteiger partial charge is 0.444 e. The summed E-state index contributed by atoms with van der Waals surface area (Å²) in [6.07, 6.45) is -0.823. The molecule has 1 rings (SSSR count). The van der Waals surface area contributed by atoms with E-state index in [0.29, 0.717) is 11.1 Å². The minimum atomic E-state index is -0.998. The van der Waals surface area contributed by atoms with Crippen molar-refractivity contribution in [2.75, 3.05) is 0 Å². The fourth-order valence-electron chi connectivity index (χ4n) is 2.47. The number of halogens is 1. The van der Waals surface area contributed by atoms with Crippen molar-refractivity contribution >= 4 is 17.9 Å². The first-order valence-corrected chi connectivity index (χ1v) is 9.23. The van der Waals surface area contributed by atoms with E-state index < -0.39 is 29.6 Å². The molecule has 0 bridgehead atoms. The second-order valence-corrected chi connectivity index (χ2v) is 7.93. The summed E-state index contributed by atoms with van der Waals surface area (Å²) in [5, 5.41) is 5.08. The van der Waals surface area contributed by atoms with Crippen LogP contribution in [0, 0.1) is 5.82 Å². The van der Waals surface area contributed by atoms with Gasteiger partial charge < -0.3 is 21.1 Å². The predicted molar refractivity (Wildman–Crippen MR) is 104 cm³/mol. The number of carbonyl (C=O) groups excluding carboxylic acids is 3. The molecule has 0 heterocycles. The van der Waals surface area contributed by atoms with Crippen molar-refractivity contribution in [3.8, 4) is 0 Å². The Morgan fingerprint density at radius 2 is 1.86 bits per heavy atom. The zero-order valence-corrected chi connectivity index (χ0v) is 17.1. The maximum absolute atomic E-state index is 14.1. The van der Waals surface area contributed by atoms with Gasteiger partial charge in [0.25, 0.3) is 0 Å². The lowest BCUT2D eigenvalue weighted by molar-refractivity contribution is -0.124. The fourth-order valence-corrected chi connectivity index (χ4v) is 2.47. The SMILES string of the molecule is CC(C)c1ccc(CNC(=O)[C@H](CCC(N)=O)NC(=O)OC(C)(C)C)cc1F. The summed E-state index contributed by atoms with van der Waals surface area (Å²) in [5.41, 5.74) is 5.59. The van der Waals surface area contributed by atoms with E-state index in [1.807, 2.05) is 13.8 Å². The molecule has 0 aliphatic carbocycles. The normalized spacial score (nSPS) is 12.4. The van der Waals surface area contributed by atoms with Crippen LogP contribution in [0.15, 0.2) is 18.2 Å². The zero-order valence-electron chi connectivity index (χ0n) is 17.1. The third-order valence-electron chi connectivity index (χ3n) is 3.84. The molecule has 0 saturated carbocycles. The Kier molecular flexibility index (Phi) is 8.40. The van der Waals surface area contributed by atoms with Crippen LogP contribution >= 0.6 is 0 Å². The Morgan fingerprint density at radius 1 is 1.21 bits per heavy atom. The van der Waals surface area contributed by atoms with Crippen molar-refractivity contribution in [1.82, 2.24) is 10.6 Å². The summed E-state index contributed by atoms with van der Waals surface area (Å²) in [7, 11) is 0. The summed E-state index contributed by atoms with van der Waals surface area (Å²) in [5.74, 6) is -1.38. The van der Waals surface area contributed by atoms with Crippen LogP contribution in [0.4, 0.5) is 9.18 Å². The van der Waals surface area contributed by atoms with Crippen LogP contribution in [-0.2, 0) is 20.9 Å². The van der Waals surface area contributed by atoms with Gasteiger partial charge in [-0.05, 0) is 50.3 Å². The molecule has 0 saturated heterocycles. The van der Waals surface area contributed by atoms with Gasteiger partial charge in [-0.1, -0.05) is 26.0 Å². The minimum absolute atomic E-state index is 0.0288. The Bertz CT molecular complexity index is 714. The average Bonchev–Trinajstić information content (AvgIpc) is 2.54. The molecule has 3 amide bonds. The second kappa shape index (κ2) is 10.1. The smallest absolute Gasteiger partial charge is 0.408 e. The molecule has 1 atom stereocenters. The van der Waals surface area contributed by atoms with Crippen LogP contribution in [0.5, 0.6) is 0 Å². The van der Waals surface area contributed by atoms with Crippen LogP contribution in [0.1, 0.15) is 64.5 Å². The summed E-state index contributed by atoms with van der Waals surface area (Å²) < 4.78 is 19.2. The molecule has 0 spiro atoms. The minimum Gasteiger partial charge on any atom is -0.444 e. The quantitative estimate of drug-likeness (QED) is 0.628. The predicted octanol–water partition coefficient (Wildman–Crippen LogP) is 2.72. The molecular weight excluding hydrogens is 365 g/mol. The van der Waals surface area contributed by atoms with Gasteiger partial charge in [-0.25, -0.2) is 9.18 Å². The van der Waals surface area contributed by atoms with E-state index in [-0.39, 0.29) is 31.1 Å². The highest BCUT2D eigenvalue weighted by atomic mass is 19.1. The Labute approximate surface area is 165 Å². The molecule has 0 radical (unpaired) electrons. The number of ether oxygens (including phenoxy) is 1. The average molecular weight is 395 g/mol. The van der Waals surface area contributed by atoms with Crippen molar-refractivity contribution in [2.45, 2.75) is 71.6 Å². The van der Waals surface area contributed by atoms with Gasteiger partial charge >= 0.3 is 6.09 Å². The van der Waals surface area contributed by atoms with Gasteiger partial charge in [0.15, 0.2) is 0 Å². The monoisotopic (exact) mass is 395 g/mol. The van der Waals surface area contributed by atoms with E-state index in [2.05, 4.69) is 10.6 Å². The van der Waals surface area contributed by atoms with Crippen molar-refractivity contribution in [3.63, 3.8) is 0 Å². The van der Waals surface area contributed by atoms with Crippen molar-refractivity contribution in [3.05, 3.63) is 35.1 Å². The Morgan fingerprint density at radius 3 is 2.36 bits per heavy atom. The molecule has 7 nitrogen and oxygen atoms in total. The van der Waals surface area contributed by atoms with E-state index in [9.17, 15) is 18.8 Å². The van der Waals surface area contributed by atoms with Crippen LogP contribution in [0.25, 0.3) is 0 Å². The van der Waals surface area contributed by atoms with Gasteiger partial charge in [0.1, 0.15) is 17.5 Å². The first-order chi connectivity index (χ1) is 12.9. The summed E-state index contributed by atoms with van der Waals surface area (Å²) in [4.78, 5) is 35.5. The first kappa shape index (κ1) is 23.4. The number of nitrogens with one attached hydrogen (secondary N) is 2. The Balaban J connectivity index is 2.76. The highest BCUT2D eigenvalue weighted by Crippen LogP contribution is 2.19. The van der Waals surface area contributed by atoms with E-state index in [1.54, 1.807) is 32.9 Å². The lowest BCUT2D eigenvalue weighted by atomic mass is 10.0. The molecule has 0 unspecified atom stereocenters. The lowest BCUT2D eigenvalue weighted by Gasteiger charge is -2.23. The van der Waals surface area contributed by atoms with Gasteiger partial charge in [0.05, 0.1) is 0 Å². The van der Waals surface area contributed by atoms with Gasteiger partial charge in [0.2, 0.25) is 11.8 Å². The molecule has 28 heavy (non-hydrogen) atoms. The van der Waals surface area contributed by atoms with Crippen LogP contribution < -0.4 is 16.4 Å². The third kappa shape index (κ3) is 8.37. The zero-order chi connectivity index (χ0) is 21.5. The molecule has 8 heteroatoms. The van der Waals surface area contributed by atoms with Crippen LogP contribution in [-0.4, -0.2) is 29.6 Å². The maximum atomic E-state index is 14.1. The first-order valence-electron chi connectivity index (χ1n) is 9.23. The lowest BCUT2D eigenvalue weighted by Crippen LogP contribution is -2.48. The van der Waals surface area contributed by atoms with Gasteiger partial charge in [-0.2, -0.15) is 0 Å². The number of primary amides is 1. The Hall–Kier alpha value is -2.64. The van der Waals surface area contributed by atoms with Gasteiger partial charge in [-0.3, -0.25) is 9.59 Å². The van der Waals surface area contributed by atoms with Crippen molar-refractivity contribution in [1.29, 1.82) is 0 Å². The fraction of sp³-hybridized carbons (Fsp3) is 0.550. The van der Waals surface area contributed by atoms with E-state index in [4.69, 9.17) is 10.5 Å². The molecule has 0 aliphatic rings. The van der Waals surface area contributed by atoms with E-state index >= 15 is 0 Å². The molecule has 1 aromatic carbocycles. The standard InChI is InChI=1S/C20H30FN3O4/c1-12(2)14-7-6-13(10-15(14)21)11-23-18(26)16(8-9-17(22)25)24-19(27)28-20(3,4)5/h6-7,10,12,16H,8-9,11H2,1-5H3,(H2,22,25)(H,23,26)(H,24,27)/t16-/m0/s1. The summed E-state index contributed by atoms with van der Waals surface area (Å²) >= 11 is 0. The molecular formula is C20H30FN3O4. The molecule has 4 N–H and O–H groups in total. The van der Waals surface area contributed by atoms with E-state index in [1.165, 1.54) is 6.07 Å². The highest BCUT2D eigenvalue weighted by molar-refractivity contribution is 5.86. The number of benzene rings is 1. The molecule has 0 aromatic heterocycles.